The molecule has 1 atom stereocenters. The monoisotopic (exact) mass is 361 g/mol. The number of carbonyl (C=O) groups excluding carboxylic acids is 2. The predicted molar refractivity (Wildman–Crippen MR) is 98.5 cm³/mol. The summed E-state index contributed by atoms with van der Waals surface area (Å²) in [5.74, 6) is -0.184. The van der Waals surface area contributed by atoms with E-state index in [0.717, 1.165) is 25.7 Å². The highest BCUT2D eigenvalue weighted by atomic mass is 16.5. The van der Waals surface area contributed by atoms with Crippen molar-refractivity contribution in [3.8, 4) is 11.5 Å². The van der Waals surface area contributed by atoms with Crippen LogP contribution in [0, 0.1) is 0 Å². The Labute approximate surface area is 154 Å². The maximum atomic E-state index is 12.6. The van der Waals surface area contributed by atoms with Crippen LogP contribution in [0.25, 0.3) is 0 Å². The number of ketones is 1. The van der Waals surface area contributed by atoms with Crippen LogP contribution in [0.15, 0.2) is 29.5 Å². The molecular formula is C20H27NO5. The molecule has 1 N–H and O–H groups in total. The van der Waals surface area contributed by atoms with E-state index < -0.39 is 17.7 Å². The van der Waals surface area contributed by atoms with Gasteiger partial charge in [-0.3, -0.25) is 9.59 Å². The maximum Gasteiger partial charge on any atom is 0.290 e. The number of aliphatic hydroxyl groups excluding tert-OH is 1. The second-order valence-electron chi connectivity index (χ2n) is 6.39. The molecule has 26 heavy (non-hydrogen) atoms. The Bertz CT molecular complexity index is 710. The van der Waals surface area contributed by atoms with E-state index in [0.29, 0.717) is 23.6 Å². The number of amides is 1. The summed E-state index contributed by atoms with van der Waals surface area (Å²) >= 11 is 0. The number of nitrogens with zero attached hydrogens (tertiary/aromatic N) is 1. The zero-order valence-corrected chi connectivity index (χ0v) is 15.9. The minimum absolute atomic E-state index is 0.137. The van der Waals surface area contributed by atoms with Gasteiger partial charge in [0.05, 0.1) is 25.8 Å². The number of carbonyl (C=O) groups is 2. The molecule has 6 nitrogen and oxygen atoms in total. The van der Waals surface area contributed by atoms with Crippen LogP contribution in [0.4, 0.5) is 0 Å². The summed E-state index contributed by atoms with van der Waals surface area (Å²) in [7, 11) is 3.08. The molecule has 1 aromatic carbocycles. The van der Waals surface area contributed by atoms with Gasteiger partial charge >= 0.3 is 0 Å². The Morgan fingerprint density at radius 3 is 2.42 bits per heavy atom. The van der Waals surface area contributed by atoms with Crippen LogP contribution in [-0.4, -0.2) is 42.5 Å². The van der Waals surface area contributed by atoms with Gasteiger partial charge in [0, 0.05) is 6.54 Å². The van der Waals surface area contributed by atoms with Gasteiger partial charge in [0.25, 0.3) is 5.91 Å². The number of rotatable bonds is 9. The molecule has 0 aliphatic carbocycles. The highest BCUT2D eigenvalue weighted by Gasteiger charge is 2.42. The predicted octanol–water partition coefficient (Wildman–Crippen LogP) is 3.57. The fourth-order valence-corrected chi connectivity index (χ4v) is 3.32. The zero-order chi connectivity index (χ0) is 19.3. The SMILES string of the molecule is CCCCCCN1C(=O)C(O)=C(C(C)=O)[C@@H]1c1ccc(OC)c(OC)c1. The lowest BCUT2D eigenvalue weighted by molar-refractivity contribution is -0.129. The van der Waals surface area contributed by atoms with E-state index in [1.165, 1.54) is 14.0 Å². The third kappa shape index (κ3) is 3.84. The first-order chi connectivity index (χ1) is 12.5. The number of hydrogen-bond acceptors (Lipinski definition) is 5. The van der Waals surface area contributed by atoms with Crippen LogP contribution in [0.3, 0.4) is 0 Å². The van der Waals surface area contributed by atoms with Crippen molar-refractivity contribution in [2.24, 2.45) is 0 Å². The van der Waals surface area contributed by atoms with Gasteiger partial charge in [0.15, 0.2) is 23.0 Å². The first-order valence-corrected chi connectivity index (χ1v) is 8.93. The standard InChI is InChI=1S/C20H27NO5/c1-5-6-7-8-11-21-18(17(13(2)22)19(23)20(21)24)14-9-10-15(25-3)16(12-14)26-4/h9-10,12,18,23H,5-8,11H2,1-4H3/t18-/m0/s1. The van der Waals surface area contributed by atoms with Gasteiger partial charge in [-0.25, -0.2) is 0 Å². The number of hydrogen-bond donors (Lipinski definition) is 1. The first-order valence-electron chi connectivity index (χ1n) is 8.93. The molecule has 1 aromatic rings. The highest BCUT2D eigenvalue weighted by molar-refractivity contribution is 6.08. The molecule has 0 fully saturated rings. The molecule has 1 heterocycles. The molecule has 2 rings (SSSR count). The summed E-state index contributed by atoms with van der Waals surface area (Å²) in [6, 6.07) is 4.67. The highest BCUT2D eigenvalue weighted by Crippen LogP contribution is 2.40. The van der Waals surface area contributed by atoms with Crippen LogP contribution in [0.5, 0.6) is 11.5 Å². The largest absolute Gasteiger partial charge is 0.503 e. The second-order valence-corrected chi connectivity index (χ2v) is 6.39. The normalized spacial score (nSPS) is 17.0. The quantitative estimate of drug-likeness (QED) is 0.681. The molecule has 1 aliphatic rings. The van der Waals surface area contributed by atoms with Crippen LogP contribution in [0.2, 0.25) is 0 Å². The fraction of sp³-hybridized carbons (Fsp3) is 0.500. The Balaban J connectivity index is 2.41. The molecule has 0 radical (unpaired) electrons. The molecule has 0 aromatic heterocycles. The van der Waals surface area contributed by atoms with Gasteiger partial charge in [0.2, 0.25) is 0 Å². The lowest BCUT2D eigenvalue weighted by Gasteiger charge is -2.27. The summed E-state index contributed by atoms with van der Waals surface area (Å²) in [6.07, 6.45) is 3.99. The molecule has 142 valence electrons. The van der Waals surface area contributed by atoms with Gasteiger partial charge in [-0.05, 0) is 31.0 Å². The molecule has 1 aliphatic heterocycles. The minimum atomic E-state index is -0.610. The molecule has 0 spiro atoms. The van der Waals surface area contributed by atoms with Gasteiger partial charge in [0.1, 0.15) is 0 Å². The third-order valence-electron chi connectivity index (χ3n) is 4.66. The summed E-state index contributed by atoms with van der Waals surface area (Å²) in [5, 5.41) is 10.3. The summed E-state index contributed by atoms with van der Waals surface area (Å²) < 4.78 is 10.6. The van der Waals surface area contributed by atoms with E-state index in [-0.39, 0.29) is 11.4 Å². The summed E-state index contributed by atoms with van der Waals surface area (Å²) in [4.78, 5) is 26.3. The molecule has 0 saturated carbocycles. The van der Waals surface area contributed by atoms with E-state index >= 15 is 0 Å². The second kappa shape index (κ2) is 8.74. The number of aliphatic hydroxyl groups is 1. The molecular weight excluding hydrogens is 334 g/mol. The van der Waals surface area contributed by atoms with Gasteiger partial charge in [-0.15, -0.1) is 0 Å². The number of Topliss-reactive ketones (excluding diaryl/α,β-unsaturated/α-hetero) is 1. The summed E-state index contributed by atoms with van der Waals surface area (Å²) in [5.41, 5.74) is 0.846. The fourth-order valence-electron chi connectivity index (χ4n) is 3.32. The summed E-state index contributed by atoms with van der Waals surface area (Å²) in [6.45, 7) is 3.97. The van der Waals surface area contributed by atoms with Crippen molar-refractivity contribution in [2.45, 2.75) is 45.6 Å². The lowest BCUT2D eigenvalue weighted by atomic mass is 9.96. The van der Waals surface area contributed by atoms with Crippen LogP contribution < -0.4 is 9.47 Å². The van der Waals surface area contributed by atoms with Crippen molar-refractivity contribution >= 4 is 11.7 Å². The van der Waals surface area contributed by atoms with Crippen molar-refractivity contribution in [3.63, 3.8) is 0 Å². The third-order valence-corrected chi connectivity index (χ3v) is 4.66. The average molecular weight is 361 g/mol. The van der Waals surface area contributed by atoms with Crippen LogP contribution >= 0.6 is 0 Å². The van der Waals surface area contributed by atoms with E-state index in [4.69, 9.17) is 9.47 Å². The van der Waals surface area contributed by atoms with E-state index in [1.807, 2.05) is 0 Å². The lowest BCUT2D eigenvalue weighted by Crippen LogP contribution is -2.32. The van der Waals surface area contributed by atoms with E-state index in [9.17, 15) is 14.7 Å². The zero-order valence-electron chi connectivity index (χ0n) is 15.9. The maximum absolute atomic E-state index is 12.6. The molecule has 6 heteroatoms. The number of ether oxygens (including phenoxy) is 2. The van der Waals surface area contributed by atoms with Gasteiger partial charge in [-0.1, -0.05) is 32.3 Å². The number of unbranched alkanes of at least 4 members (excludes halogenated alkanes) is 3. The van der Waals surface area contributed by atoms with Crippen molar-refractivity contribution in [1.82, 2.24) is 4.90 Å². The van der Waals surface area contributed by atoms with Crippen molar-refractivity contribution < 1.29 is 24.2 Å². The Morgan fingerprint density at radius 1 is 1.15 bits per heavy atom. The van der Waals surface area contributed by atoms with Crippen molar-refractivity contribution in [3.05, 3.63) is 35.1 Å². The van der Waals surface area contributed by atoms with Crippen molar-refractivity contribution in [1.29, 1.82) is 0 Å². The van der Waals surface area contributed by atoms with Gasteiger partial charge < -0.3 is 19.5 Å². The van der Waals surface area contributed by atoms with E-state index in [1.54, 1.807) is 30.2 Å². The van der Waals surface area contributed by atoms with Crippen LogP contribution in [-0.2, 0) is 9.59 Å². The number of methoxy groups -OCH3 is 2. The minimum Gasteiger partial charge on any atom is -0.503 e. The average Bonchev–Trinajstić information content (AvgIpc) is 2.89. The molecule has 0 unspecified atom stereocenters. The van der Waals surface area contributed by atoms with Gasteiger partial charge in [-0.2, -0.15) is 0 Å². The van der Waals surface area contributed by atoms with Crippen LogP contribution in [0.1, 0.15) is 51.1 Å². The van der Waals surface area contributed by atoms with Crippen molar-refractivity contribution in [2.75, 3.05) is 20.8 Å². The molecule has 1 amide bonds. The molecule has 0 bridgehead atoms. The Hall–Kier alpha value is -2.50. The molecule has 0 saturated heterocycles. The Kier molecular flexibility index (Phi) is 6.66. The van der Waals surface area contributed by atoms with E-state index in [2.05, 4.69) is 6.92 Å². The topological polar surface area (TPSA) is 76.1 Å². The first kappa shape index (κ1) is 19.8. The Morgan fingerprint density at radius 2 is 1.85 bits per heavy atom. The smallest absolute Gasteiger partial charge is 0.290 e. The number of benzene rings is 1.